The predicted octanol–water partition coefficient (Wildman–Crippen LogP) is 2.91. The molecule has 0 spiro atoms. The molecule has 1 heterocycles. The van der Waals surface area contributed by atoms with Crippen molar-refractivity contribution in [1.82, 2.24) is 15.5 Å². The molecular formula is C22H22ClN3O3. The molecule has 4 rings (SSSR count). The molecular weight excluding hydrogens is 390 g/mol. The summed E-state index contributed by atoms with van der Waals surface area (Å²) in [6.07, 6.45) is 3.13. The summed E-state index contributed by atoms with van der Waals surface area (Å²) in [5.41, 5.74) is 2.86. The van der Waals surface area contributed by atoms with Crippen LogP contribution in [0.1, 0.15) is 35.6 Å². The minimum atomic E-state index is -1.17. The van der Waals surface area contributed by atoms with E-state index in [1.165, 1.54) is 11.1 Å². The number of amides is 4. The van der Waals surface area contributed by atoms with Gasteiger partial charge in [-0.05, 0) is 54.5 Å². The number of nitrogens with one attached hydrogen (secondary N) is 2. The number of fused-ring (bicyclic) bond motifs is 1. The van der Waals surface area contributed by atoms with Gasteiger partial charge < -0.3 is 10.6 Å². The van der Waals surface area contributed by atoms with Crippen LogP contribution in [0.25, 0.3) is 0 Å². The van der Waals surface area contributed by atoms with Gasteiger partial charge in [0.2, 0.25) is 5.91 Å². The highest BCUT2D eigenvalue weighted by molar-refractivity contribution is 6.31. The molecule has 4 amide bonds. The first kappa shape index (κ1) is 19.5. The molecule has 0 radical (unpaired) electrons. The van der Waals surface area contributed by atoms with E-state index in [1.54, 1.807) is 25.1 Å². The first-order chi connectivity index (χ1) is 13.9. The third-order valence-corrected chi connectivity index (χ3v) is 6.06. The number of benzene rings is 2. The van der Waals surface area contributed by atoms with Crippen LogP contribution in [0.5, 0.6) is 0 Å². The fraction of sp³-hybridized carbons (Fsp3) is 0.318. The SMILES string of the molecule is C[C@]1(c2ccc3c(c2)CCC3)NC(=O)N(CC(=O)NCc2ccccc2Cl)C1=O. The van der Waals surface area contributed by atoms with E-state index in [1.807, 2.05) is 24.3 Å². The fourth-order valence-electron chi connectivity index (χ4n) is 3.95. The van der Waals surface area contributed by atoms with Crippen molar-refractivity contribution in [2.75, 3.05) is 6.54 Å². The number of rotatable bonds is 5. The van der Waals surface area contributed by atoms with Gasteiger partial charge in [-0.15, -0.1) is 0 Å². The normalized spacial score (nSPS) is 20.6. The van der Waals surface area contributed by atoms with E-state index in [-0.39, 0.29) is 13.1 Å². The van der Waals surface area contributed by atoms with Crippen molar-refractivity contribution in [3.8, 4) is 0 Å². The van der Waals surface area contributed by atoms with Gasteiger partial charge in [0.15, 0.2) is 0 Å². The van der Waals surface area contributed by atoms with Gasteiger partial charge in [0, 0.05) is 11.6 Å². The molecule has 2 N–H and O–H groups in total. The van der Waals surface area contributed by atoms with Crippen LogP contribution in [0.4, 0.5) is 4.79 Å². The third-order valence-electron chi connectivity index (χ3n) is 5.69. The molecule has 1 fully saturated rings. The summed E-state index contributed by atoms with van der Waals surface area (Å²) in [6, 6.07) is 12.5. The zero-order valence-electron chi connectivity index (χ0n) is 16.1. The van der Waals surface area contributed by atoms with Crippen LogP contribution in [0.2, 0.25) is 5.02 Å². The average molecular weight is 412 g/mol. The summed E-state index contributed by atoms with van der Waals surface area (Å²) in [6.45, 7) is 1.57. The summed E-state index contributed by atoms with van der Waals surface area (Å²) in [7, 11) is 0. The van der Waals surface area contributed by atoms with Crippen molar-refractivity contribution < 1.29 is 14.4 Å². The molecule has 1 aliphatic carbocycles. The lowest BCUT2D eigenvalue weighted by Gasteiger charge is -2.23. The molecule has 150 valence electrons. The molecule has 0 bridgehead atoms. The maximum absolute atomic E-state index is 13.0. The van der Waals surface area contributed by atoms with Crippen LogP contribution in [0, 0.1) is 0 Å². The van der Waals surface area contributed by atoms with Gasteiger partial charge in [0.05, 0.1) is 0 Å². The lowest BCUT2D eigenvalue weighted by Crippen LogP contribution is -2.43. The molecule has 0 aromatic heterocycles. The predicted molar refractivity (Wildman–Crippen MR) is 109 cm³/mol. The second-order valence-corrected chi connectivity index (χ2v) is 8.06. The molecule has 2 aromatic rings. The monoisotopic (exact) mass is 411 g/mol. The van der Waals surface area contributed by atoms with Crippen molar-refractivity contribution in [2.24, 2.45) is 0 Å². The van der Waals surface area contributed by atoms with Gasteiger partial charge in [-0.2, -0.15) is 0 Å². The van der Waals surface area contributed by atoms with E-state index in [0.29, 0.717) is 5.02 Å². The van der Waals surface area contributed by atoms with Gasteiger partial charge in [0.25, 0.3) is 5.91 Å². The first-order valence-electron chi connectivity index (χ1n) is 9.65. The number of urea groups is 1. The first-order valence-corrected chi connectivity index (χ1v) is 10.0. The average Bonchev–Trinajstić information content (AvgIpc) is 3.26. The highest BCUT2D eigenvalue weighted by Gasteiger charge is 2.49. The zero-order valence-corrected chi connectivity index (χ0v) is 16.9. The number of hydrogen-bond acceptors (Lipinski definition) is 3. The summed E-state index contributed by atoms with van der Waals surface area (Å²) >= 11 is 6.09. The van der Waals surface area contributed by atoms with E-state index in [4.69, 9.17) is 11.6 Å². The second kappa shape index (κ2) is 7.52. The Bertz CT molecular complexity index is 1010. The standard InChI is InChI=1S/C22H22ClN3O3/c1-22(17-10-9-14-6-4-7-15(14)11-17)20(28)26(21(29)25-22)13-19(27)24-12-16-5-2-3-8-18(16)23/h2-3,5,8-11H,4,6-7,12-13H2,1H3,(H,24,27)(H,25,29)/t22-/m1/s1. The fourth-order valence-corrected chi connectivity index (χ4v) is 4.16. The van der Waals surface area contributed by atoms with E-state index >= 15 is 0 Å². The molecule has 29 heavy (non-hydrogen) atoms. The summed E-state index contributed by atoms with van der Waals surface area (Å²) in [4.78, 5) is 38.8. The van der Waals surface area contributed by atoms with Gasteiger partial charge in [-0.25, -0.2) is 4.79 Å². The lowest BCUT2D eigenvalue weighted by molar-refractivity contribution is -0.134. The molecule has 6 nitrogen and oxygen atoms in total. The van der Waals surface area contributed by atoms with E-state index in [9.17, 15) is 14.4 Å². The molecule has 7 heteroatoms. The number of nitrogens with zero attached hydrogens (tertiary/aromatic N) is 1. The quantitative estimate of drug-likeness (QED) is 0.742. The van der Waals surface area contributed by atoms with Crippen LogP contribution in [0.15, 0.2) is 42.5 Å². The van der Waals surface area contributed by atoms with Crippen LogP contribution >= 0.6 is 11.6 Å². The van der Waals surface area contributed by atoms with Crippen molar-refractivity contribution >= 4 is 29.4 Å². The molecule has 1 atom stereocenters. The van der Waals surface area contributed by atoms with Gasteiger partial charge >= 0.3 is 6.03 Å². The lowest BCUT2D eigenvalue weighted by atomic mass is 9.89. The molecule has 1 saturated heterocycles. The van der Waals surface area contributed by atoms with Crippen molar-refractivity contribution in [3.05, 3.63) is 69.7 Å². The molecule has 2 aliphatic rings. The van der Waals surface area contributed by atoms with Gasteiger partial charge in [-0.3, -0.25) is 14.5 Å². The number of carbonyl (C=O) groups is 3. The third kappa shape index (κ3) is 3.60. The Balaban J connectivity index is 1.45. The Morgan fingerprint density at radius 2 is 1.93 bits per heavy atom. The molecule has 1 aliphatic heterocycles. The smallest absolute Gasteiger partial charge is 0.325 e. The zero-order chi connectivity index (χ0) is 20.6. The van der Waals surface area contributed by atoms with Crippen LogP contribution in [-0.4, -0.2) is 29.3 Å². The number of carbonyl (C=O) groups excluding carboxylic acids is 3. The van der Waals surface area contributed by atoms with Crippen molar-refractivity contribution in [3.63, 3.8) is 0 Å². The van der Waals surface area contributed by atoms with Crippen molar-refractivity contribution in [1.29, 1.82) is 0 Å². The minimum Gasteiger partial charge on any atom is -0.350 e. The Morgan fingerprint density at radius 1 is 1.17 bits per heavy atom. The van der Waals surface area contributed by atoms with E-state index in [0.717, 1.165) is 35.3 Å². The number of aryl methyl sites for hydroxylation is 2. The van der Waals surface area contributed by atoms with Crippen LogP contribution in [-0.2, 0) is 34.5 Å². The highest BCUT2D eigenvalue weighted by atomic mass is 35.5. The Labute approximate surface area is 174 Å². The summed E-state index contributed by atoms with van der Waals surface area (Å²) < 4.78 is 0. The van der Waals surface area contributed by atoms with E-state index in [2.05, 4.69) is 10.6 Å². The second-order valence-electron chi connectivity index (χ2n) is 7.65. The molecule has 0 saturated carbocycles. The van der Waals surface area contributed by atoms with Crippen LogP contribution < -0.4 is 10.6 Å². The minimum absolute atomic E-state index is 0.226. The highest BCUT2D eigenvalue weighted by Crippen LogP contribution is 2.32. The largest absolute Gasteiger partial charge is 0.350 e. The molecule has 2 aromatic carbocycles. The summed E-state index contributed by atoms with van der Waals surface area (Å²) in [5, 5.41) is 6.02. The van der Waals surface area contributed by atoms with E-state index < -0.39 is 23.4 Å². The molecule has 0 unspecified atom stereocenters. The maximum atomic E-state index is 13.0. The van der Waals surface area contributed by atoms with Gasteiger partial charge in [-0.1, -0.05) is 48.0 Å². The number of halogens is 1. The Kier molecular flexibility index (Phi) is 5.04. The Morgan fingerprint density at radius 3 is 2.72 bits per heavy atom. The number of hydrogen-bond donors (Lipinski definition) is 2. The van der Waals surface area contributed by atoms with Gasteiger partial charge in [0.1, 0.15) is 12.1 Å². The van der Waals surface area contributed by atoms with Crippen LogP contribution in [0.3, 0.4) is 0 Å². The topological polar surface area (TPSA) is 78.5 Å². The maximum Gasteiger partial charge on any atom is 0.325 e. The Hall–Kier alpha value is -2.86. The summed E-state index contributed by atoms with van der Waals surface area (Å²) in [5.74, 6) is -0.847. The number of imide groups is 1. The van der Waals surface area contributed by atoms with Crippen molar-refractivity contribution in [2.45, 2.75) is 38.3 Å².